The second-order valence-corrected chi connectivity index (χ2v) is 9.34. The Morgan fingerprint density at radius 1 is 1.00 bits per heavy atom. The van der Waals surface area contributed by atoms with Crippen molar-refractivity contribution in [3.05, 3.63) is 88.9 Å². The van der Waals surface area contributed by atoms with Gasteiger partial charge in [-0.1, -0.05) is 60.1 Å². The third-order valence-electron chi connectivity index (χ3n) is 4.87. The smallest absolute Gasteiger partial charge is 0.258 e. The molecule has 1 atom stereocenters. The number of hydrogen-bond acceptors (Lipinski definition) is 5. The number of carbonyl (C=O) groups is 1. The molecule has 2 N–H and O–H groups in total. The molecule has 174 valence electrons. The average Bonchev–Trinajstić information content (AvgIpc) is 2.82. The number of methoxy groups -OCH3 is 1. The van der Waals surface area contributed by atoms with Crippen LogP contribution in [0.1, 0.15) is 24.1 Å². The van der Waals surface area contributed by atoms with Crippen LogP contribution >= 0.6 is 11.6 Å². The predicted molar refractivity (Wildman–Crippen MR) is 127 cm³/mol. The Kier molecular flexibility index (Phi) is 8.32. The highest BCUT2D eigenvalue weighted by molar-refractivity contribution is 7.89. The van der Waals surface area contributed by atoms with E-state index in [1.807, 2.05) is 54.6 Å². The molecule has 0 saturated heterocycles. The second kappa shape index (κ2) is 11.2. The maximum atomic E-state index is 12.7. The first kappa shape index (κ1) is 24.6. The molecule has 0 aliphatic heterocycles. The van der Waals surface area contributed by atoms with Crippen LogP contribution in [-0.2, 0) is 21.4 Å². The van der Waals surface area contributed by atoms with Crippen molar-refractivity contribution in [3.8, 4) is 11.5 Å². The van der Waals surface area contributed by atoms with Gasteiger partial charge in [-0.15, -0.1) is 0 Å². The number of ether oxygens (including phenoxy) is 2. The monoisotopic (exact) mass is 488 g/mol. The Hall–Kier alpha value is -3.07. The Morgan fingerprint density at radius 2 is 1.70 bits per heavy atom. The second-order valence-electron chi connectivity index (χ2n) is 7.22. The van der Waals surface area contributed by atoms with Crippen LogP contribution in [0.5, 0.6) is 11.5 Å². The normalized spacial score (nSPS) is 12.1. The summed E-state index contributed by atoms with van der Waals surface area (Å²) in [6.07, 6.45) is 0. The van der Waals surface area contributed by atoms with Gasteiger partial charge in [-0.2, -0.15) is 0 Å². The van der Waals surface area contributed by atoms with E-state index in [2.05, 4.69) is 10.0 Å². The van der Waals surface area contributed by atoms with Crippen LogP contribution in [-0.4, -0.2) is 28.0 Å². The van der Waals surface area contributed by atoms with Crippen LogP contribution in [0.15, 0.2) is 77.7 Å². The quantitative estimate of drug-likeness (QED) is 0.448. The number of rotatable bonds is 10. The summed E-state index contributed by atoms with van der Waals surface area (Å²) >= 11 is 6.22. The summed E-state index contributed by atoms with van der Waals surface area (Å²) in [5, 5.41) is 2.83. The van der Waals surface area contributed by atoms with E-state index in [1.54, 1.807) is 14.0 Å². The number of para-hydroxylation sites is 1. The summed E-state index contributed by atoms with van der Waals surface area (Å²) in [4.78, 5) is 12.2. The molecule has 1 amide bonds. The van der Waals surface area contributed by atoms with E-state index < -0.39 is 16.1 Å². The maximum Gasteiger partial charge on any atom is 0.258 e. The zero-order chi connectivity index (χ0) is 23.8. The largest absolute Gasteiger partial charge is 0.496 e. The number of benzene rings is 3. The van der Waals surface area contributed by atoms with Gasteiger partial charge in [0.05, 0.1) is 17.0 Å². The molecule has 0 heterocycles. The number of carbonyl (C=O) groups excluding carboxylic acids is 1. The Morgan fingerprint density at radius 3 is 2.39 bits per heavy atom. The van der Waals surface area contributed by atoms with Crippen LogP contribution < -0.4 is 19.5 Å². The molecular weight excluding hydrogens is 464 g/mol. The van der Waals surface area contributed by atoms with Gasteiger partial charge in [-0.25, -0.2) is 13.1 Å². The van der Waals surface area contributed by atoms with Gasteiger partial charge in [-0.05, 0) is 36.8 Å². The number of nitrogens with one attached hydrogen (secondary N) is 2. The van der Waals surface area contributed by atoms with Gasteiger partial charge in [0, 0.05) is 18.2 Å². The van der Waals surface area contributed by atoms with Crippen LogP contribution in [0.3, 0.4) is 0 Å². The highest BCUT2D eigenvalue weighted by Gasteiger charge is 2.20. The molecular formula is C24H25ClN2O5S. The lowest BCUT2D eigenvalue weighted by molar-refractivity contribution is -0.123. The minimum atomic E-state index is -3.81. The first-order valence-corrected chi connectivity index (χ1v) is 12.0. The fourth-order valence-electron chi connectivity index (χ4n) is 3.11. The summed E-state index contributed by atoms with van der Waals surface area (Å²) in [5.41, 5.74) is 1.67. The van der Waals surface area contributed by atoms with Gasteiger partial charge in [0.2, 0.25) is 10.0 Å². The van der Waals surface area contributed by atoms with Gasteiger partial charge >= 0.3 is 0 Å². The average molecular weight is 489 g/mol. The molecule has 3 rings (SSSR count). The minimum absolute atomic E-state index is 0.00301. The van der Waals surface area contributed by atoms with Crippen molar-refractivity contribution in [2.24, 2.45) is 0 Å². The molecule has 0 radical (unpaired) electrons. The van der Waals surface area contributed by atoms with E-state index in [9.17, 15) is 13.2 Å². The molecule has 3 aromatic rings. The lowest BCUT2D eigenvalue weighted by Crippen LogP contribution is -2.28. The first-order valence-electron chi connectivity index (χ1n) is 10.2. The van der Waals surface area contributed by atoms with Crippen molar-refractivity contribution in [1.82, 2.24) is 10.0 Å². The summed E-state index contributed by atoms with van der Waals surface area (Å²) in [7, 11) is -2.24. The van der Waals surface area contributed by atoms with Crippen molar-refractivity contribution < 1.29 is 22.7 Å². The molecule has 0 aliphatic rings. The predicted octanol–water partition coefficient (Wildman–Crippen LogP) is 4.08. The fourth-order valence-corrected chi connectivity index (χ4v) is 4.67. The lowest BCUT2D eigenvalue weighted by Gasteiger charge is -2.15. The molecule has 0 aliphatic carbocycles. The molecule has 0 saturated carbocycles. The number of halogens is 1. The molecule has 0 aromatic heterocycles. The summed E-state index contributed by atoms with van der Waals surface area (Å²) in [6, 6.07) is 20.3. The molecule has 0 bridgehead atoms. The van der Waals surface area contributed by atoms with Gasteiger partial charge in [0.1, 0.15) is 11.5 Å². The zero-order valence-electron chi connectivity index (χ0n) is 18.2. The van der Waals surface area contributed by atoms with E-state index in [-0.39, 0.29) is 34.7 Å². The van der Waals surface area contributed by atoms with Gasteiger partial charge in [0.15, 0.2) is 6.61 Å². The van der Waals surface area contributed by atoms with Crippen LogP contribution in [0.4, 0.5) is 0 Å². The van der Waals surface area contributed by atoms with E-state index in [0.29, 0.717) is 5.75 Å². The lowest BCUT2D eigenvalue weighted by atomic mass is 10.1. The van der Waals surface area contributed by atoms with Crippen LogP contribution in [0.25, 0.3) is 0 Å². The number of amides is 1. The van der Waals surface area contributed by atoms with E-state index in [4.69, 9.17) is 21.1 Å². The van der Waals surface area contributed by atoms with Gasteiger partial charge < -0.3 is 14.8 Å². The van der Waals surface area contributed by atoms with Gasteiger partial charge in [0.25, 0.3) is 5.91 Å². The Balaban J connectivity index is 1.58. The molecule has 7 nitrogen and oxygen atoms in total. The maximum absolute atomic E-state index is 12.7. The molecule has 9 heteroatoms. The highest BCUT2D eigenvalue weighted by atomic mass is 35.5. The van der Waals surface area contributed by atoms with Gasteiger partial charge in [-0.3, -0.25) is 4.79 Å². The Labute approximate surface area is 198 Å². The third-order valence-corrected chi connectivity index (χ3v) is 6.71. The summed E-state index contributed by atoms with van der Waals surface area (Å²) in [5.74, 6) is 0.528. The molecule has 0 fully saturated rings. The number of hydrogen-bond donors (Lipinski definition) is 2. The minimum Gasteiger partial charge on any atom is -0.496 e. The standard InChI is InChI=1S/C24H25ClN2O5S/c1-17(18-8-4-3-5-9-18)27-33(29,30)20-12-13-23(21(25)14-20)32-16-24(28)26-15-19-10-6-7-11-22(19)31-2/h3-14,17,27H,15-16H2,1-2H3,(H,26,28)/t17-/m0/s1. The van der Waals surface area contributed by atoms with E-state index in [0.717, 1.165) is 11.1 Å². The third kappa shape index (κ3) is 6.71. The van der Waals surface area contributed by atoms with E-state index in [1.165, 1.54) is 18.2 Å². The molecule has 33 heavy (non-hydrogen) atoms. The van der Waals surface area contributed by atoms with Crippen LogP contribution in [0.2, 0.25) is 5.02 Å². The van der Waals surface area contributed by atoms with Crippen molar-refractivity contribution >= 4 is 27.5 Å². The highest BCUT2D eigenvalue weighted by Crippen LogP contribution is 2.28. The van der Waals surface area contributed by atoms with Crippen molar-refractivity contribution in [2.75, 3.05) is 13.7 Å². The summed E-state index contributed by atoms with van der Waals surface area (Å²) < 4.78 is 38.8. The van der Waals surface area contributed by atoms with Crippen molar-refractivity contribution in [1.29, 1.82) is 0 Å². The van der Waals surface area contributed by atoms with Crippen LogP contribution in [0, 0.1) is 0 Å². The van der Waals surface area contributed by atoms with Crippen molar-refractivity contribution in [3.63, 3.8) is 0 Å². The zero-order valence-corrected chi connectivity index (χ0v) is 19.8. The molecule has 0 unspecified atom stereocenters. The first-order chi connectivity index (χ1) is 15.8. The molecule has 0 spiro atoms. The summed E-state index contributed by atoms with van der Waals surface area (Å²) in [6.45, 7) is 1.77. The number of sulfonamides is 1. The van der Waals surface area contributed by atoms with Crippen molar-refractivity contribution in [2.45, 2.75) is 24.4 Å². The Bertz CT molecular complexity index is 1200. The topological polar surface area (TPSA) is 93.7 Å². The van der Waals surface area contributed by atoms with E-state index >= 15 is 0 Å². The SMILES string of the molecule is COc1ccccc1CNC(=O)COc1ccc(S(=O)(=O)N[C@@H](C)c2ccccc2)cc1Cl. The molecule has 3 aromatic carbocycles. The fraction of sp³-hybridized carbons (Fsp3) is 0.208.